The summed E-state index contributed by atoms with van der Waals surface area (Å²) in [5.74, 6) is 0.198. The second kappa shape index (κ2) is 9.36. The van der Waals surface area contributed by atoms with Crippen LogP contribution >= 0.6 is 30.7 Å². The smallest absolute Gasteiger partial charge is 0.401 e. The fourth-order valence-corrected chi connectivity index (χ4v) is 5.76. The lowest BCUT2D eigenvalue weighted by molar-refractivity contribution is 0.0591. The maximum atomic E-state index is 12.4. The molecule has 0 bridgehead atoms. The van der Waals surface area contributed by atoms with Crippen molar-refractivity contribution < 1.29 is 28.1 Å². The van der Waals surface area contributed by atoms with Crippen LogP contribution in [0.1, 0.15) is 73.4 Å². The number of methoxy groups -OCH3 is 2. The van der Waals surface area contributed by atoms with Crippen molar-refractivity contribution in [3.05, 3.63) is 46.5 Å². The zero-order chi connectivity index (χ0) is 24.7. The Morgan fingerprint density at radius 2 is 1.15 bits per heavy atom. The zero-order valence-electron chi connectivity index (χ0n) is 20.0. The molecule has 0 atom stereocenters. The Bertz CT molecular complexity index is 1020. The molecule has 0 radical (unpaired) electrons. The molecule has 1 aliphatic rings. The number of rotatable bonds is 2. The van der Waals surface area contributed by atoms with Crippen LogP contribution in [0.3, 0.4) is 0 Å². The highest BCUT2D eigenvalue weighted by atomic mass is 35.7. The number of hydrogen-bond acceptors (Lipinski definition) is 7. The van der Waals surface area contributed by atoms with Crippen molar-refractivity contribution in [2.45, 2.75) is 62.2 Å². The highest BCUT2D eigenvalue weighted by Crippen LogP contribution is 2.57. The van der Waals surface area contributed by atoms with Crippen molar-refractivity contribution >= 4 is 42.7 Å². The van der Waals surface area contributed by atoms with Gasteiger partial charge in [0.25, 0.3) is 0 Å². The van der Waals surface area contributed by atoms with Crippen molar-refractivity contribution in [2.75, 3.05) is 14.2 Å². The first-order valence-electron chi connectivity index (χ1n) is 10.3. The van der Waals surface area contributed by atoms with Crippen molar-refractivity contribution in [1.29, 1.82) is 0 Å². The summed E-state index contributed by atoms with van der Waals surface area (Å²) in [6.07, 6.45) is 0. The third-order valence-electron chi connectivity index (χ3n) is 5.11. The summed E-state index contributed by atoms with van der Waals surface area (Å²) in [6, 6.07) is 6.97. The van der Waals surface area contributed by atoms with Gasteiger partial charge in [-0.1, -0.05) is 53.3 Å². The van der Waals surface area contributed by atoms with Crippen molar-refractivity contribution in [3.8, 4) is 11.5 Å². The molecule has 0 aromatic heterocycles. The molecule has 0 saturated heterocycles. The van der Waals surface area contributed by atoms with Gasteiger partial charge >= 0.3 is 19.7 Å². The van der Waals surface area contributed by atoms with Gasteiger partial charge in [-0.3, -0.25) is 0 Å². The van der Waals surface area contributed by atoms with E-state index in [0.717, 1.165) is 11.1 Å². The minimum Gasteiger partial charge on any atom is -0.465 e. The fourth-order valence-electron chi connectivity index (χ4n) is 3.41. The Morgan fingerprint density at radius 3 is 1.45 bits per heavy atom. The summed E-state index contributed by atoms with van der Waals surface area (Å²) in [7, 11) is 0.826. The molecular weight excluding hydrogens is 483 g/mol. The predicted molar refractivity (Wildman–Crippen MR) is 131 cm³/mol. The van der Waals surface area contributed by atoms with E-state index in [-0.39, 0.29) is 10.8 Å². The molecule has 1 aliphatic heterocycles. The molecule has 9 heteroatoms. The Labute approximate surface area is 205 Å². The Kier molecular flexibility index (Phi) is 7.28. The number of fused-ring (bicyclic) bond motifs is 2. The minimum absolute atomic E-state index is 0.353. The lowest BCUT2D eigenvalue weighted by atomic mass is 9.85. The van der Waals surface area contributed by atoms with Gasteiger partial charge in [0.15, 0.2) is 0 Å². The molecule has 178 valence electrons. The van der Waals surface area contributed by atoms with Crippen LogP contribution in [-0.4, -0.2) is 26.2 Å². The lowest BCUT2D eigenvalue weighted by Crippen LogP contribution is -2.17. The molecule has 0 N–H and O–H groups in total. The van der Waals surface area contributed by atoms with Crippen LogP contribution in [0.15, 0.2) is 34.1 Å². The average molecular weight is 511 g/mol. The van der Waals surface area contributed by atoms with E-state index in [9.17, 15) is 9.59 Å². The highest BCUT2D eigenvalue weighted by Gasteiger charge is 2.33. The Hall–Kier alpha value is -1.95. The summed E-state index contributed by atoms with van der Waals surface area (Å²) >= 11 is 7.93. The lowest BCUT2D eigenvalue weighted by Gasteiger charge is -2.30. The molecule has 0 amide bonds. The third kappa shape index (κ3) is 5.42. The summed E-state index contributed by atoms with van der Waals surface area (Å²) in [6.45, 7) is 12.1. The Morgan fingerprint density at radius 1 is 0.788 bits per heavy atom. The van der Waals surface area contributed by atoms with Crippen LogP contribution in [-0.2, 0) is 20.3 Å². The van der Waals surface area contributed by atoms with Crippen LogP contribution in [0.2, 0.25) is 0 Å². The van der Waals surface area contributed by atoms with Crippen molar-refractivity contribution in [1.82, 2.24) is 0 Å². The highest BCUT2D eigenvalue weighted by molar-refractivity contribution is 7.99. The molecule has 0 aliphatic carbocycles. The maximum Gasteiger partial charge on any atom is 0.401 e. The predicted octanol–water partition coefficient (Wildman–Crippen LogP) is 7.24. The number of halogens is 1. The first-order chi connectivity index (χ1) is 15.3. The van der Waals surface area contributed by atoms with Gasteiger partial charge in [-0.15, -0.1) is 0 Å². The van der Waals surface area contributed by atoms with E-state index in [2.05, 4.69) is 0 Å². The van der Waals surface area contributed by atoms with Gasteiger partial charge in [0.1, 0.15) is 11.5 Å². The monoisotopic (exact) mass is 510 g/mol. The molecule has 0 spiro atoms. The molecule has 1 heterocycles. The average Bonchev–Trinajstić information content (AvgIpc) is 2.71. The maximum absolute atomic E-state index is 12.4. The quantitative estimate of drug-likeness (QED) is 0.311. The zero-order valence-corrected chi connectivity index (χ0v) is 22.5. The molecule has 2 aromatic carbocycles. The number of ether oxygens (including phenoxy) is 2. The van der Waals surface area contributed by atoms with E-state index in [0.29, 0.717) is 32.4 Å². The van der Waals surface area contributed by atoms with Gasteiger partial charge in [0, 0.05) is 11.1 Å². The van der Waals surface area contributed by atoms with E-state index in [1.54, 1.807) is 24.3 Å². The molecule has 0 saturated carbocycles. The summed E-state index contributed by atoms with van der Waals surface area (Å²) < 4.78 is 22.2. The van der Waals surface area contributed by atoms with E-state index < -0.39 is 19.7 Å². The number of carbonyl (C=O) groups is 2. The molecule has 0 unspecified atom stereocenters. The fraction of sp³-hybridized carbons (Fsp3) is 0.417. The van der Waals surface area contributed by atoms with E-state index in [1.807, 2.05) is 41.5 Å². The molecule has 2 aromatic rings. The summed E-state index contributed by atoms with van der Waals surface area (Å²) in [4.78, 5) is 26.2. The second-order valence-electron chi connectivity index (χ2n) is 9.68. The summed E-state index contributed by atoms with van der Waals surface area (Å²) in [5, 5.41) is 0. The second-order valence-corrected chi connectivity index (χ2v) is 12.4. The van der Waals surface area contributed by atoms with Gasteiger partial charge < -0.3 is 18.5 Å². The van der Waals surface area contributed by atoms with Gasteiger partial charge in [0.2, 0.25) is 0 Å². The first kappa shape index (κ1) is 25.7. The van der Waals surface area contributed by atoms with Crippen molar-refractivity contribution in [3.63, 3.8) is 0 Å². The molecule has 6 nitrogen and oxygen atoms in total. The SMILES string of the molecule is COC(=O)c1cc2c(c(C(C)(C)C)c1)OP(Cl)Oc1c(cc(C(=O)OC)cc1C(C)(C)C)S2. The molecule has 33 heavy (non-hydrogen) atoms. The van der Waals surface area contributed by atoms with Crippen LogP contribution in [0.4, 0.5) is 0 Å². The van der Waals surface area contributed by atoms with Crippen LogP contribution in [0.5, 0.6) is 11.5 Å². The normalized spacial score (nSPS) is 14.1. The van der Waals surface area contributed by atoms with Crippen LogP contribution in [0.25, 0.3) is 0 Å². The van der Waals surface area contributed by atoms with E-state index >= 15 is 0 Å². The Balaban J connectivity index is 2.33. The topological polar surface area (TPSA) is 71.1 Å². The van der Waals surface area contributed by atoms with Gasteiger partial charge in [-0.2, -0.15) is 0 Å². The number of benzene rings is 2. The number of hydrogen-bond donors (Lipinski definition) is 0. The molecule has 3 rings (SSSR count). The minimum atomic E-state index is -1.87. The summed E-state index contributed by atoms with van der Waals surface area (Å²) in [5.41, 5.74) is 1.70. The van der Waals surface area contributed by atoms with Gasteiger partial charge in [-0.25, -0.2) is 9.59 Å². The molecule has 0 fully saturated rings. The van der Waals surface area contributed by atoms with Crippen LogP contribution < -0.4 is 9.05 Å². The van der Waals surface area contributed by atoms with Gasteiger partial charge in [-0.05, 0) is 46.3 Å². The standard InChI is InChI=1S/C24H28ClO6PS/c1-23(2,3)15-9-13(21(26)28-7)11-17-19(15)30-32(25)31-20-16(24(4,5)6)10-14(22(27)29-8)12-18(20)33-17/h9-12H,1-8H3. The van der Waals surface area contributed by atoms with Crippen molar-refractivity contribution in [2.24, 2.45) is 0 Å². The van der Waals surface area contributed by atoms with E-state index in [1.165, 1.54) is 26.0 Å². The number of esters is 2. The van der Waals surface area contributed by atoms with E-state index in [4.69, 9.17) is 29.8 Å². The first-order valence-corrected chi connectivity index (χ1v) is 13.2. The van der Waals surface area contributed by atoms with Crippen LogP contribution in [0, 0.1) is 0 Å². The third-order valence-corrected chi connectivity index (χ3v) is 7.23. The number of carbonyl (C=O) groups excluding carboxylic acids is 2. The molecular formula is C24H28ClO6PS. The van der Waals surface area contributed by atoms with Gasteiger partial charge in [0.05, 0.1) is 35.1 Å². The largest absolute Gasteiger partial charge is 0.465 e.